The third kappa shape index (κ3) is 3.50. The lowest BCUT2D eigenvalue weighted by molar-refractivity contribution is -0.0149. The highest BCUT2D eigenvalue weighted by molar-refractivity contribution is 6.62. The highest BCUT2D eigenvalue weighted by atomic mass is 19.3. The Balaban J connectivity index is 2.13. The molecular formula is C15H18BF3O2. The summed E-state index contributed by atoms with van der Waals surface area (Å²) < 4.78 is 49.1. The smallest absolute Gasteiger partial charge is 0.399 e. The zero-order chi connectivity index (χ0) is 15.7. The summed E-state index contributed by atoms with van der Waals surface area (Å²) in [7, 11) is -0.621. The molecule has 21 heavy (non-hydrogen) atoms. The highest BCUT2D eigenvalue weighted by Gasteiger charge is 2.53. The van der Waals surface area contributed by atoms with Crippen molar-refractivity contribution in [3.63, 3.8) is 0 Å². The van der Waals surface area contributed by atoms with Crippen LogP contribution in [0.25, 0.3) is 0 Å². The fraction of sp³-hybridized carbons (Fsp3) is 0.467. The summed E-state index contributed by atoms with van der Waals surface area (Å²) in [6.45, 7) is 5.58. The van der Waals surface area contributed by atoms with Gasteiger partial charge < -0.3 is 9.31 Å². The molecule has 0 aromatic heterocycles. The van der Waals surface area contributed by atoms with Gasteiger partial charge in [0.05, 0.1) is 11.2 Å². The highest BCUT2D eigenvalue weighted by Crippen LogP contribution is 2.40. The van der Waals surface area contributed by atoms with Crippen molar-refractivity contribution in [1.82, 2.24) is 0 Å². The van der Waals surface area contributed by atoms with Gasteiger partial charge in [0.25, 0.3) is 6.08 Å². The van der Waals surface area contributed by atoms with Crippen molar-refractivity contribution in [3.05, 3.63) is 42.2 Å². The van der Waals surface area contributed by atoms with E-state index in [4.69, 9.17) is 9.31 Å². The first-order valence-electron chi connectivity index (χ1n) is 6.86. The minimum absolute atomic E-state index is 0.210. The lowest BCUT2D eigenvalue weighted by atomic mass is 9.79. The Morgan fingerprint density at radius 1 is 1.14 bits per heavy atom. The van der Waals surface area contributed by atoms with Gasteiger partial charge in [-0.25, -0.2) is 4.39 Å². The zero-order valence-electron chi connectivity index (χ0n) is 12.3. The van der Waals surface area contributed by atoms with Crippen LogP contribution in [0.3, 0.4) is 0 Å². The molecule has 1 aliphatic rings. The zero-order valence-corrected chi connectivity index (χ0v) is 12.3. The second-order valence-electron chi connectivity index (χ2n) is 5.89. The first-order valence-corrected chi connectivity index (χ1v) is 6.86. The summed E-state index contributed by atoms with van der Waals surface area (Å²) in [6, 6.07) is 5.88. The normalized spacial score (nSPS) is 24.2. The summed E-state index contributed by atoms with van der Waals surface area (Å²) in [6.07, 6.45) is -0.183. The van der Waals surface area contributed by atoms with Gasteiger partial charge in [0, 0.05) is 0 Å². The second-order valence-corrected chi connectivity index (χ2v) is 5.89. The van der Waals surface area contributed by atoms with Crippen LogP contribution in [0.1, 0.15) is 33.6 Å². The third-order valence-electron chi connectivity index (χ3n) is 4.10. The molecule has 2 nitrogen and oxygen atoms in total. The van der Waals surface area contributed by atoms with Gasteiger partial charge in [-0.15, -0.1) is 0 Å². The molecule has 6 heteroatoms. The number of rotatable bonds is 4. The van der Waals surface area contributed by atoms with E-state index in [1.54, 1.807) is 12.1 Å². The van der Waals surface area contributed by atoms with E-state index in [9.17, 15) is 13.2 Å². The number of halogens is 3. The van der Waals surface area contributed by atoms with Gasteiger partial charge in [0.1, 0.15) is 5.82 Å². The van der Waals surface area contributed by atoms with Gasteiger partial charge in [-0.05, 0) is 57.3 Å². The van der Waals surface area contributed by atoms with Crippen molar-refractivity contribution < 1.29 is 22.5 Å². The molecule has 1 aliphatic heterocycles. The Hall–Kier alpha value is -1.27. The average molecular weight is 298 g/mol. The van der Waals surface area contributed by atoms with Crippen LogP contribution in [0.2, 0.25) is 0 Å². The summed E-state index contributed by atoms with van der Waals surface area (Å²) in [5.41, 5.74) is -0.620. The molecule has 0 N–H and O–H groups in total. The van der Waals surface area contributed by atoms with Crippen LogP contribution in [0.5, 0.6) is 0 Å². The predicted octanol–water partition coefficient (Wildman–Crippen LogP) is 3.67. The Bertz CT molecular complexity index is 526. The summed E-state index contributed by atoms with van der Waals surface area (Å²) in [5.74, 6) is -0.331. The number of hydrogen-bond donors (Lipinski definition) is 0. The molecule has 0 radical (unpaired) electrons. The fourth-order valence-electron chi connectivity index (χ4n) is 2.37. The Morgan fingerprint density at radius 2 is 1.76 bits per heavy atom. The quantitative estimate of drug-likeness (QED) is 0.790. The minimum Gasteiger partial charge on any atom is -0.399 e. The fourth-order valence-corrected chi connectivity index (χ4v) is 2.37. The lowest BCUT2D eigenvalue weighted by Crippen LogP contribution is -2.44. The molecule has 0 amide bonds. The first kappa shape index (κ1) is 16.1. The maximum Gasteiger partial charge on any atom is 0.494 e. The Morgan fingerprint density at radius 3 is 2.33 bits per heavy atom. The summed E-state index contributed by atoms with van der Waals surface area (Å²) in [5, 5.41) is 0. The van der Waals surface area contributed by atoms with Gasteiger partial charge in [0.2, 0.25) is 0 Å². The average Bonchev–Trinajstić information content (AvgIpc) is 2.60. The van der Waals surface area contributed by atoms with E-state index in [-0.39, 0.29) is 12.2 Å². The van der Waals surface area contributed by atoms with E-state index in [1.165, 1.54) is 12.1 Å². The van der Waals surface area contributed by atoms with Crippen molar-refractivity contribution >= 4 is 12.6 Å². The van der Waals surface area contributed by atoms with Crippen LogP contribution in [0, 0.1) is 5.82 Å². The number of benzene rings is 1. The first-order chi connectivity index (χ1) is 9.73. The van der Waals surface area contributed by atoms with Crippen LogP contribution >= 0.6 is 0 Å². The van der Waals surface area contributed by atoms with Crippen molar-refractivity contribution in [2.45, 2.75) is 44.8 Å². The Kier molecular flexibility index (Phi) is 4.49. The van der Waals surface area contributed by atoms with Gasteiger partial charge in [0.15, 0.2) is 0 Å². The number of allylic oxidation sites excluding steroid dienone is 1. The molecule has 0 saturated carbocycles. The molecule has 114 valence electrons. The molecule has 0 aliphatic carbocycles. The molecule has 2 rings (SSSR count). The van der Waals surface area contributed by atoms with Crippen molar-refractivity contribution in [1.29, 1.82) is 0 Å². The van der Waals surface area contributed by atoms with E-state index in [0.717, 1.165) is 6.08 Å². The van der Waals surface area contributed by atoms with E-state index in [1.807, 2.05) is 20.8 Å². The summed E-state index contributed by atoms with van der Waals surface area (Å²) >= 11 is 0. The molecule has 0 spiro atoms. The van der Waals surface area contributed by atoms with Crippen LogP contribution in [-0.4, -0.2) is 18.3 Å². The van der Waals surface area contributed by atoms with Gasteiger partial charge in [-0.3, -0.25) is 0 Å². The van der Waals surface area contributed by atoms with E-state index < -0.39 is 24.4 Å². The standard InChI is InChI=1S/C15H18BF3O2/c1-14(2)15(3,10-4-5-13(18)19)21-16(20-14)11-6-8-12(17)9-7-11/h5-9H,4,10H2,1-3H3. The van der Waals surface area contributed by atoms with Gasteiger partial charge in [-0.2, -0.15) is 8.78 Å². The van der Waals surface area contributed by atoms with Crippen LogP contribution in [0.4, 0.5) is 13.2 Å². The molecule has 1 atom stereocenters. The van der Waals surface area contributed by atoms with Crippen LogP contribution in [0.15, 0.2) is 36.4 Å². The van der Waals surface area contributed by atoms with Crippen LogP contribution in [-0.2, 0) is 9.31 Å². The molecule has 1 saturated heterocycles. The van der Waals surface area contributed by atoms with Gasteiger partial charge in [-0.1, -0.05) is 12.1 Å². The SMILES string of the molecule is CC1(C)OB(c2ccc(F)cc2)OC1(C)CCC=C(F)F. The maximum atomic E-state index is 13.0. The van der Waals surface area contributed by atoms with E-state index >= 15 is 0 Å². The topological polar surface area (TPSA) is 18.5 Å². The monoisotopic (exact) mass is 298 g/mol. The second kappa shape index (κ2) is 5.85. The van der Waals surface area contributed by atoms with Crippen molar-refractivity contribution in [3.8, 4) is 0 Å². The molecule has 1 aromatic carbocycles. The Labute approximate surface area is 123 Å². The maximum absolute atomic E-state index is 13.0. The number of hydrogen-bond acceptors (Lipinski definition) is 2. The minimum atomic E-state index is -1.69. The third-order valence-corrected chi connectivity index (χ3v) is 4.10. The van der Waals surface area contributed by atoms with E-state index in [0.29, 0.717) is 11.9 Å². The molecule has 1 heterocycles. The van der Waals surface area contributed by atoms with Crippen molar-refractivity contribution in [2.75, 3.05) is 0 Å². The van der Waals surface area contributed by atoms with E-state index in [2.05, 4.69) is 0 Å². The largest absolute Gasteiger partial charge is 0.494 e. The lowest BCUT2D eigenvalue weighted by Gasteiger charge is -2.36. The summed E-state index contributed by atoms with van der Waals surface area (Å²) in [4.78, 5) is 0. The molecule has 1 fully saturated rings. The van der Waals surface area contributed by atoms with Gasteiger partial charge >= 0.3 is 7.12 Å². The van der Waals surface area contributed by atoms with Crippen LogP contribution < -0.4 is 5.46 Å². The van der Waals surface area contributed by atoms with Crippen molar-refractivity contribution in [2.24, 2.45) is 0 Å². The molecule has 0 bridgehead atoms. The predicted molar refractivity (Wildman–Crippen MR) is 76.0 cm³/mol. The molecule has 1 aromatic rings. The molecule has 1 unspecified atom stereocenters. The molecular weight excluding hydrogens is 280 g/mol.